The van der Waals surface area contributed by atoms with Crippen LogP contribution in [-0.2, 0) is 4.79 Å². The molecule has 1 heterocycles. The molecule has 1 N–H and O–H groups in total. The normalized spacial score (nSPS) is 17.5. The van der Waals surface area contributed by atoms with Crippen molar-refractivity contribution in [2.24, 2.45) is 0 Å². The Morgan fingerprint density at radius 1 is 1.17 bits per heavy atom. The van der Waals surface area contributed by atoms with E-state index in [1.165, 1.54) is 0 Å². The van der Waals surface area contributed by atoms with Crippen molar-refractivity contribution >= 4 is 35.0 Å². The Kier molecular flexibility index (Phi) is 6.27. The lowest BCUT2D eigenvalue weighted by atomic mass is 10.2. The third kappa shape index (κ3) is 4.59. The Labute approximate surface area is 146 Å². The van der Waals surface area contributed by atoms with Gasteiger partial charge in [0.1, 0.15) is 6.04 Å². The summed E-state index contributed by atoms with van der Waals surface area (Å²) >= 11 is 12.0. The van der Waals surface area contributed by atoms with Gasteiger partial charge in [-0.2, -0.15) is 0 Å². The highest BCUT2D eigenvalue weighted by molar-refractivity contribution is 6.43. The van der Waals surface area contributed by atoms with E-state index in [2.05, 4.69) is 10.2 Å². The first-order valence-electron chi connectivity index (χ1n) is 7.62. The van der Waals surface area contributed by atoms with E-state index in [-0.39, 0.29) is 16.5 Å². The number of hydrogen-bond donors (Lipinski definition) is 1. The van der Waals surface area contributed by atoms with E-state index in [9.17, 15) is 9.59 Å². The molecular weight excluding hydrogens is 337 g/mol. The number of halogens is 2. The van der Waals surface area contributed by atoms with Gasteiger partial charge < -0.3 is 15.1 Å². The third-order valence-electron chi connectivity index (χ3n) is 3.95. The molecule has 1 saturated heterocycles. The Hall–Kier alpha value is -1.30. The van der Waals surface area contributed by atoms with E-state index in [1.807, 2.05) is 7.05 Å². The number of carbonyl (C=O) groups is 2. The van der Waals surface area contributed by atoms with Gasteiger partial charge in [-0.3, -0.25) is 9.59 Å². The van der Waals surface area contributed by atoms with Crippen molar-refractivity contribution in [3.05, 3.63) is 33.8 Å². The Morgan fingerprint density at radius 3 is 2.65 bits per heavy atom. The lowest BCUT2D eigenvalue weighted by Gasteiger charge is -2.24. The van der Waals surface area contributed by atoms with Crippen molar-refractivity contribution in [2.75, 3.05) is 33.2 Å². The summed E-state index contributed by atoms with van der Waals surface area (Å²) in [5.41, 5.74) is 0.273. The van der Waals surface area contributed by atoms with Crippen molar-refractivity contribution in [1.82, 2.24) is 15.1 Å². The first-order chi connectivity index (χ1) is 10.9. The summed E-state index contributed by atoms with van der Waals surface area (Å²) in [5.74, 6) is -0.475. The van der Waals surface area contributed by atoms with E-state index in [0.717, 1.165) is 19.5 Å². The zero-order valence-corrected chi connectivity index (χ0v) is 14.8. The zero-order chi connectivity index (χ0) is 17.0. The van der Waals surface area contributed by atoms with Gasteiger partial charge in [0.05, 0.1) is 15.6 Å². The van der Waals surface area contributed by atoms with Gasteiger partial charge in [0, 0.05) is 19.6 Å². The van der Waals surface area contributed by atoms with Crippen molar-refractivity contribution in [3.8, 4) is 0 Å². The quantitative estimate of drug-likeness (QED) is 0.902. The van der Waals surface area contributed by atoms with Gasteiger partial charge in [0.25, 0.3) is 5.91 Å². The van der Waals surface area contributed by atoms with Crippen LogP contribution in [0.15, 0.2) is 18.2 Å². The van der Waals surface area contributed by atoms with Crippen LogP contribution in [0.4, 0.5) is 0 Å². The highest BCUT2D eigenvalue weighted by Gasteiger charge is 2.24. The van der Waals surface area contributed by atoms with Crippen LogP contribution in [0.1, 0.15) is 23.7 Å². The summed E-state index contributed by atoms with van der Waals surface area (Å²) in [4.78, 5) is 28.8. The second-order valence-electron chi connectivity index (χ2n) is 5.78. The Bertz CT molecular complexity index is 595. The number of benzene rings is 1. The van der Waals surface area contributed by atoms with E-state index < -0.39 is 11.9 Å². The average Bonchev–Trinajstić information content (AvgIpc) is 2.73. The summed E-state index contributed by atoms with van der Waals surface area (Å²) in [5, 5.41) is 3.22. The summed E-state index contributed by atoms with van der Waals surface area (Å²) < 4.78 is 0. The topological polar surface area (TPSA) is 52.7 Å². The number of nitrogens with one attached hydrogen (secondary N) is 1. The van der Waals surface area contributed by atoms with Crippen LogP contribution in [0.25, 0.3) is 0 Å². The van der Waals surface area contributed by atoms with E-state index in [1.54, 1.807) is 30.0 Å². The number of nitrogens with zero attached hydrogens (tertiary/aromatic N) is 2. The molecule has 0 spiro atoms. The molecule has 1 unspecified atom stereocenters. The van der Waals surface area contributed by atoms with E-state index in [0.29, 0.717) is 18.1 Å². The molecule has 5 nitrogen and oxygen atoms in total. The van der Waals surface area contributed by atoms with Gasteiger partial charge in [-0.1, -0.05) is 29.3 Å². The van der Waals surface area contributed by atoms with Gasteiger partial charge in [-0.25, -0.2) is 0 Å². The molecule has 1 atom stereocenters. The molecule has 1 aliphatic heterocycles. The lowest BCUT2D eigenvalue weighted by molar-refractivity contribution is -0.132. The molecule has 1 aromatic rings. The van der Waals surface area contributed by atoms with Crippen molar-refractivity contribution in [3.63, 3.8) is 0 Å². The molecule has 0 radical (unpaired) electrons. The first kappa shape index (κ1) is 18.0. The van der Waals surface area contributed by atoms with Crippen LogP contribution >= 0.6 is 23.2 Å². The molecular formula is C16H21Cl2N3O2. The van der Waals surface area contributed by atoms with Crippen molar-refractivity contribution in [2.45, 2.75) is 19.4 Å². The largest absolute Gasteiger partial charge is 0.340 e. The SMILES string of the molecule is CC(NC(=O)c1cccc(Cl)c1Cl)C(=O)N1CCCN(C)CC1. The number of carbonyl (C=O) groups excluding carboxylic acids is 2. The second-order valence-corrected chi connectivity index (χ2v) is 6.56. The first-order valence-corrected chi connectivity index (χ1v) is 8.38. The van der Waals surface area contributed by atoms with Crippen molar-refractivity contribution in [1.29, 1.82) is 0 Å². The maximum Gasteiger partial charge on any atom is 0.253 e. The number of hydrogen-bond acceptors (Lipinski definition) is 3. The van der Waals surface area contributed by atoms with Crippen LogP contribution < -0.4 is 5.32 Å². The van der Waals surface area contributed by atoms with Crippen LogP contribution in [-0.4, -0.2) is 60.9 Å². The van der Waals surface area contributed by atoms with E-state index >= 15 is 0 Å². The van der Waals surface area contributed by atoms with Crippen LogP contribution in [0, 0.1) is 0 Å². The van der Waals surface area contributed by atoms with Crippen LogP contribution in [0.3, 0.4) is 0 Å². The number of rotatable bonds is 3. The molecule has 2 rings (SSSR count). The number of amides is 2. The fourth-order valence-corrected chi connectivity index (χ4v) is 2.94. The molecule has 23 heavy (non-hydrogen) atoms. The Morgan fingerprint density at radius 2 is 1.91 bits per heavy atom. The second kappa shape index (κ2) is 7.99. The van der Waals surface area contributed by atoms with Gasteiger partial charge in [0.15, 0.2) is 0 Å². The highest BCUT2D eigenvalue weighted by atomic mass is 35.5. The molecule has 0 aliphatic carbocycles. The average molecular weight is 358 g/mol. The maximum atomic E-state index is 12.5. The summed E-state index contributed by atoms with van der Waals surface area (Å²) in [7, 11) is 2.04. The molecule has 0 saturated carbocycles. The lowest BCUT2D eigenvalue weighted by Crippen LogP contribution is -2.48. The zero-order valence-electron chi connectivity index (χ0n) is 13.3. The molecule has 1 aromatic carbocycles. The predicted octanol–water partition coefficient (Wildman–Crippen LogP) is 2.28. The fourth-order valence-electron chi connectivity index (χ4n) is 2.56. The van der Waals surface area contributed by atoms with Gasteiger partial charge in [-0.05, 0) is 39.1 Å². The standard InChI is InChI=1S/C16H21Cl2N3O2/c1-11(16(23)21-8-4-7-20(2)9-10-21)19-15(22)12-5-3-6-13(17)14(12)18/h3,5-6,11H,4,7-10H2,1-2H3,(H,19,22). The molecule has 126 valence electrons. The minimum absolute atomic E-state index is 0.0770. The highest BCUT2D eigenvalue weighted by Crippen LogP contribution is 2.25. The fraction of sp³-hybridized carbons (Fsp3) is 0.500. The summed E-state index contributed by atoms with van der Waals surface area (Å²) in [6, 6.07) is 4.24. The van der Waals surface area contributed by atoms with Crippen LogP contribution in [0.5, 0.6) is 0 Å². The van der Waals surface area contributed by atoms with Crippen LogP contribution in [0.2, 0.25) is 10.0 Å². The molecule has 2 amide bonds. The van der Waals surface area contributed by atoms with Gasteiger partial charge >= 0.3 is 0 Å². The smallest absolute Gasteiger partial charge is 0.253 e. The maximum absolute atomic E-state index is 12.5. The Balaban J connectivity index is 2.00. The molecule has 7 heteroatoms. The van der Waals surface area contributed by atoms with Crippen molar-refractivity contribution < 1.29 is 9.59 Å². The summed E-state index contributed by atoms with van der Waals surface area (Å²) in [6.45, 7) is 4.89. The predicted molar refractivity (Wildman–Crippen MR) is 92.1 cm³/mol. The molecule has 0 aromatic heterocycles. The minimum atomic E-state index is -0.610. The number of likely N-dealkylation sites (N-methyl/N-ethyl adjacent to an activating group) is 1. The minimum Gasteiger partial charge on any atom is -0.340 e. The molecule has 1 fully saturated rings. The monoisotopic (exact) mass is 357 g/mol. The van der Waals surface area contributed by atoms with Gasteiger partial charge in [-0.15, -0.1) is 0 Å². The molecule has 0 bridgehead atoms. The molecule has 1 aliphatic rings. The van der Waals surface area contributed by atoms with E-state index in [4.69, 9.17) is 23.2 Å². The van der Waals surface area contributed by atoms with Gasteiger partial charge in [0.2, 0.25) is 5.91 Å². The third-order valence-corrected chi connectivity index (χ3v) is 4.76. The summed E-state index contributed by atoms with van der Waals surface area (Å²) in [6.07, 6.45) is 0.934.